The van der Waals surface area contributed by atoms with E-state index in [4.69, 9.17) is 19.4 Å². The molecule has 0 fully saturated rings. The SMILES string of the molecule is c1ccc(-c2ccc3c(c2)c2ccccc2n3-c2cccc(-c3nc(-c4cccc(-c5ccc6c7ccccc7n(-c7ccccc7)c6c5)c4)nc(-c4ccc5oc6ccccc6c5c4)n3)c2)cc1. The van der Waals surface area contributed by atoms with Gasteiger partial charge in [0.15, 0.2) is 17.5 Å². The van der Waals surface area contributed by atoms with E-state index in [0.29, 0.717) is 17.5 Å². The van der Waals surface area contributed by atoms with Gasteiger partial charge < -0.3 is 13.6 Å². The molecule has 0 aliphatic rings. The van der Waals surface area contributed by atoms with Crippen LogP contribution < -0.4 is 0 Å². The molecule has 0 atom stereocenters. The molecule has 14 rings (SSSR count). The van der Waals surface area contributed by atoms with E-state index < -0.39 is 0 Å². The van der Waals surface area contributed by atoms with Crippen LogP contribution in [0.25, 0.3) is 133 Å². The number of rotatable bonds is 7. The van der Waals surface area contributed by atoms with Crippen molar-refractivity contribution in [2.24, 2.45) is 0 Å². The summed E-state index contributed by atoms with van der Waals surface area (Å²) in [5.41, 5.74) is 15.6. The van der Waals surface area contributed by atoms with Crippen molar-refractivity contribution in [3.63, 3.8) is 0 Å². The van der Waals surface area contributed by atoms with E-state index in [2.05, 4.69) is 215 Å². The number of hydrogen-bond donors (Lipinski definition) is 0. The predicted molar refractivity (Wildman–Crippen MR) is 283 cm³/mol. The Balaban J connectivity index is 0.929. The molecule has 0 N–H and O–H groups in total. The molecule has 0 saturated carbocycles. The van der Waals surface area contributed by atoms with Gasteiger partial charge in [0, 0.05) is 60.4 Å². The van der Waals surface area contributed by atoms with Gasteiger partial charge >= 0.3 is 0 Å². The summed E-state index contributed by atoms with van der Waals surface area (Å²) in [7, 11) is 0. The second-order valence-corrected chi connectivity index (χ2v) is 17.6. The van der Waals surface area contributed by atoms with Crippen molar-refractivity contribution < 1.29 is 4.42 Å². The summed E-state index contributed by atoms with van der Waals surface area (Å²) in [5.74, 6) is 1.75. The quantitative estimate of drug-likeness (QED) is 0.160. The molecule has 322 valence electrons. The molecule has 6 heteroatoms. The molecule has 6 nitrogen and oxygen atoms in total. The normalized spacial score (nSPS) is 11.8. The van der Waals surface area contributed by atoms with E-state index in [-0.39, 0.29) is 0 Å². The fraction of sp³-hybridized carbons (Fsp3) is 0. The third kappa shape index (κ3) is 6.45. The van der Waals surface area contributed by atoms with Crippen molar-refractivity contribution in [2.45, 2.75) is 0 Å². The van der Waals surface area contributed by atoms with E-state index in [1.54, 1.807) is 0 Å². The van der Waals surface area contributed by atoms with Gasteiger partial charge in [-0.05, 0) is 107 Å². The van der Waals surface area contributed by atoms with E-state index in [0.717, 1.165) is 77.7 Å². The Labute approximate surface area is 396 Å². The summed E-state index contributed by atoms with van der Waals surface area (Å²) < 4.78 is 11.0. The zero-order chi connectivity index (χ0) is 45.4. The van der Waals surface area contributed by atoms with E-state index >= 15 is 0 Å². The molecule has 69 heavy (non-hydrogen) atoms. The van der Waals surface area contributed by atoms with E-state index in [1.165, 1.54) is 38.2 Å². The van der Waals surface area contributed by atoms with Crippen LogP contribution in [-0.2, 0) is 0 Å². The lowest BCUT2D eigenvalue weighted by atomic mass is 10.0. The number of nitrogens with zero attached hydrogens (tertiary/aromatic N) is 5. The van der Waals surface area contributed by atoms with Crippen LogP contribution in [0, 0.1) is 0 Å². The van der Waals surface area contributed by atoms with Gasteiger partial charge in [0.2, 0.25) is 0 Å². The number of fused-ring (bicyclic) bond motifs is 9. The zero-order valence-corrected chi connectivity index (χ0v) is 37.2. The summed E-state index contributed by atoms with van der Waals surface area (Å²) in [5, 5.41) is 6.90. The predicted octanol–water partition coefficient (Wildman–Crippen LogP) is 16.3. The van der Waals surface area contributed by atoms with Gasteiger partial charge in [-0.15, -0.1) is 0 Å². The molecule has 14 aromatic rings. The van der Waals surface area contributed by atoms with Crippen LogP contribution in [0.5, 0.6) is 0 Å². The smallest absolute Gasteiger partial charge is 0.164 e. The van der Waals surface area contributed by atoms with Gasteiger partial charge in [-0.2, -0.15) is 0 Å². The molecule has 0 spiro atoms. The minimum absolute atomic E-state index is 0.581. The first-order chi connectivity index (χ1) is 34.2. The zero-order valence-electron chi connectivity index (χ0n) is 37.2. The Bertz CT molecular complexity index is 4320. The van der Waals surface area contributed by atoms with Crippen molar-refractivity contribution in [3.8, 4) is 67.8 Å². The molecule has 10 aromatic carbocycles. The van der Waals surface area contributed by atoms with Crippen LogP contribution in [0.1, 0.15) is 0 Å². The van der Waals surface area contributed by atoms with Crippen LogP contribution in [0.3, 0.4) is 0 Å². The van der Waals surface area contributed by atoms with E-state index in [9.17, 15) is 0 Å². The summed E-state index contributed by atoms with van der Waals surface area (Å²) in [6.45, 7) is 0. The van der Waals surface area contributed by atoms with Crippen LogP contribution >= 0.6 is 0 Å². The molecule has 4 aromatic heterocycles. The Morgan fingerprint density at radius 3 is 1.48 bits per heavy atom. The second kappa shape index (κ2) is 15.6. The molecule has 0 bridgehead atoms. The van der Waals surface area contributed by atoms with Gasteiger partial charge in [-0.25, -0.2) is 15.0 Å². The molecular formula is C63H39N5O. The van der Waals surface area contributed by atoms with Crippen molar-refractivity contribution in [3.05, 3.63) is 237 Å². The van der Waals surface area contributed by atoms with Gasteiger partial charge in [0.25, 0.3) is 0 Å². The minimum atomic E-state index is 0.581. The number of aromatic nitrogens is 5. The fourth-order valence-corrected chi connectivity index (χ4v) is 10.3. The number of para-hydroxylation sites is 4. The van der Waals surface area contributed by atoms with E-state index in [1.807, 2.05) is 30.3 Å². The Morgan fingerprint density at radius 2 is 0.710 bits per heavy atom. The maximum absolute atomic E-state index is 6.24. The lowest BCUT2D eigenvalue weighted by Crippen LogP contribution is -2.01. The van der Waals surface area contributed by atoms with Crippen LogP contribution in [0.15, 0.2) is 241 Å². The number of hydrogen-bond acceptors (Lipinski definition) is 4. The minimum Gasteiger partial charge on any atom is -0.456 e. The summed E-state index contributed by atoms with van der Waals surface area (Å²) >= 11 is 0. The first-order valence-electron chi connectivity index (χ1n) is 23.3. The highest BCUT2D eigenvalue weighted by molar-refractivity contribution is 6.12. The van der Waals surface area contributed by atoms with Crippen molar-refractivity contribution >= 4 is 65.6 Å². The lowest BCUT2D eigenvalue weighted by molar-refractivity contribution is 0.669. The molecular weight excluding hydrogens is 843 g/mol. The maximum atomic E-state index is 6.24. The van der Waals surface area contributed by atoms with Crippen LogP contribution in [-0.4, -0.2) is 24.1 Å². The second-order valence-electron chi connectivity index (χ2n) is 17.6. The molecule has 0 saturated heterocycles. The lowest BCUT2D eigenvalue weighted by Gasteiger charge is -2.12. The van der Waals surface area contributed by atoms with Crippen molar-refractivity contribution in [2.75, 3.05) is 0 Å². The number of benzene rings is 10. The molecule has 0 aliphatic heterocycles. The third-order valence-corrected chi connectivity index (χ3v) is 13.6. The fourth-order valence-electron chi connectivity index (χ4n) is 10.3. The Kier molecular flexibility index (Phi) is 8.79. The molecule has 4 heterocycles. The van der Waals surface area contributed by atoms with Gasteiger partial charge in [0.1, 0.15) is 11.2 Å². The molecule has 0 unspecified atom stereocenters. The molecule has 0 amide bonds. The average molecular weight is 882 g/mol. The van der Waals surface area contributed by atoms with Gasteiger partial charge in [-0.1, -0.05) is 152 Å². The molecule has 0 radical (unpaired) electrons. The first-order valence-corrected chi connectivity index (χ1v) is 23.3. The van der Waals surface area contributed by atoms with Crippen LogP contribution in [0.2, 0.25) is 0 Å². The van der Waals surface area contributed by atoms with Gasteiger partial charge in [-0.3, -0.25) is 0 Å². The average Bonchev–Trinajstić information content (AvgIpc) is 4.08. The highest BCUT2D eigenvalue weighted by Gasteiger charge is 2.19. The standard InChI is InChI=1S/C63H39N5O/c1-3-15-40(16-4-1)42-30-33-57-53(37-42)50-24-8-11-27-56(50)68(57)48-22-14-19-45(36-48)62-64-61(65-63(66-62)46-31-34-60-54(38-46)52-25-9-12-28-59(52)69-60)44-18-13-17-41(35-44)43-29-32-51-49-23-7-10-26-55(49)67(58(51)39-43)47-20-5-2-6-21-47/h1-39H. The first kappa shape index (κ1) is 38.8. The third-order valence-electron chi connectivity index (χ3n) is 13.6. The van der Waals surface area contributed by atoms with Gasteiger partial charge in [0.05, 0.1) is 22.1 Å². The summed E-state index contributed by atoms with van der Waals surface area (Å²) in [6.07, 6.45) is 0. The summed E-state index contributed by atoms with van der Waals surface area (Å²) in [6, 6.07) is 83.5. The molecule has 0 aliphatic carbocycles. The monoisotopic (exact) mass is 881 g/mol. The Hall–Kier alpha value is -9.39. The largest absolute Gasteiger partial charge is 0.456 e. The van der Waals surface area contributed by atoms with Crippen molar-refractivity contribution in [1.82, 2.24) is 24.1 Å². The van der Waals surface area contributed by atoms with Crippen molar-refractivity contribution in [1.29, 1.82) is 0 Å². The number of furan rings is 1. The maximum Gasteiger partial charge on any atom is 0.164 e. The highest BCUT2D eigenvalue weighted by Crippen LogP contribution is 2.39. The topological polar surface area (TPSA) is 61.7 Å². The van der Waals surface area contributed by atoms with Crippen LogP contribution in [0.4, 0.5) is 0 Å². The summed E-state index contributed by atoms with van der Waals surface area (Å²) in [4.78, 5) is 15.8. The highest BCUT2D eigenvalue weighted by atomic mass is 16.3. The Morgan fingerprint density at radius 1 is 0.246 bits per heavy atom.